The molecule has 0 aliphatic heterocycles. The molecule has 1 aliphatic rings. The van der Waals surface area contributed by atoms with Gasteiger partial charge in [0.25, 0.3) is 0 Å². The van der Waals surface area contributed by atoms with E-state index in [2.05, 4.69) is 10.3 Å². The van der Waals surface area contributed by atoms with Gasteiger partial charge < -0.3 is 10.4 Å². The zero-order valence-electron chi connectivity index (χ0n) is 10.5. The summed E-state index contributed by atoms with van der Waals surface area (Å²) in [6.45, 7) is 0.317. The lowest BCUT2D eigenvalue weighted by atomic mass is 9.87. The quantitative estimate of drug-likeness (QED) is 0.887. The van der Waals surface area contributed by atoms with E-state index in [1.807, 2.05) is 0 Å². The highest BCUT2D eigenvalue weighted by molar-refractivity contribution is 5.45. The number of rotatable bonds is 4. The van der Waals surface area contributed by atoms with Gasteiger partial charge in [-0.05, 0) is 25.0 Å². The Morgan fingerprint density at radius 2 is 2.00 bits per heavy atom. The van der Waals surface area contributed by atoms with Gasteiger partial charge in [0.2, 0.25) is 0 Å². The van der Waals surface area contributed by atoms with E-state index in [0.717, 1.165) is 31.7 Å². The fourth-order valence-electron chi connectivity index (χ4n) is 2.56. The van der Waals surface area contributed by atoms with Crippen LogP contribution in [0.3, 0.4) is 0 Å². The van der Waals surface area contributed by atoms with Crippen LogP contribution in [0.2, 0.25) is 0 Å². The summed E-state index contributed by atoms with van der Waals surface area (Å²) in [6, 6.07) is 2.28. The van der Waals surface area contributed by atoms with E-state index in [0.29, 0.717) is 6.54 Å². The second-order valence-corrected chi connectivity index (χ2v) is 5.12. The number of pyridine rings is 1. The topological polar surface area (TPSA) is 45.1 Å². The van der Waals surface area contributed by atoms with Gasteiger partial charge in [0, 0.05) is 18.2 Å². The maximum Gasteiger partial charge on any atom is 0.419 e. The van der Waals surface area contributed by atoms with Gasteiger partial charge in [-0.3, -0.25) is 0 Å². The highest BCUT2D eigenvalue weighted by Crippen LogP contribution is 2.39. The Balaban J connectivity index is 2.11. The van der Waals surface area contributed by atoms with Gasteiger partial charge in [0.15, 0.2) is 0 Å². The lowest BCUT2D eigenvalue weighted by molar-refractivity contribution is -0.137. The molecule has 1 aliphatic carbocycles. The highest BCUT2D eigenvalue weighted by Gasteiger charge is 2.36. The number of nitrogens with zero attached hydrogens (tertiary/aromatic N) is 1. The van der Waals surface area contributed by atoms with Crippen LogP contribution in [0.4, 0.5) is 19.0 Å². The first-order chi connectivity index (χ1) is 8.97. The fourth-order valence-corrected chi connectivity index (χ4v) is 2.56. The monoisotopic (exact) mass is 274 g/mol. The average molecular weight is 274 g/mol. The standard InChI is InChI=1S/C13H17F3N2O/c14-13(15,16)10-4-3-7-17-11(10)18-8-12(9-19)5-1-2-6-12/h3-4,7,19H,1-2,5-6,8-9H2,(H,17,18). The maximum atomic E-state index is 12.8. The molecule has 0 spiro atoms. The predicted octanol–water partition coefficient (Wildman–Crippen LogP) is 3.07. The number of aliphatic hydroxyl groups excluding tert-OH is 1. The summed E-state index contributed by atoms with van der Waals surface area (Å²) in [5, 5.41) is 12.2. The molecule has 3 nitrogen and oxygen atoms in total. The molecule has 2 rings (SSSR count). The van der Waals surface area contributed by atoms with Gasteiger partial charge >= 0.3 is 6.18 Å². The van der Waals surface area contributed by atoms with Crippen LogP contribution in [0.25, 0.3) is 0 Å². The maximum absolute atomic E-state index is 12.8. The Morgan fingerprint density at radius 1 is 1.32 bits per heavy atom. The van der Waals surface area contributed by atoms with Crippen molar-refractivity contribution in [3.8, 4) is 0 Å². The molecule has 2 N–H and O–H groups in total. The smallest absolute Gasteiger partial charge is 0.396 e. The molecule has 1 aromatic heterocycles. The van der Waals surface area contributed by atoms with Gasteiger partial charge in [0.1, 0.15) is 5.82 Å². The number of hydrogen-bond donors (Lipinski definition) is 2. The molecule has 0 radical (unpaired) electrons. The molecule has 0 unspecified atom stereocenters. The van der Waals surface area contributed by atoms with Gasteiger partial charge in [0.05, 0.1) is 12.2 Å². The van der Waals surface area contributed by atoms with E-state index in [9.17, 15) is 18.3 Å². The lowest BCUT2D eigenvalue weighted by Gasteiger charge is -2.27. The zero-order chi connectivity index (χ0) is 13.9. The molecule has 19 heavy (non-hydrogen) atoms. The minimum absolute atomic E-state index is 0.00577. The zero-order valence-corrected chi connectivity index (χ0v) is 10.5. The van der Waals surface area contributed by atoms with Crippen molar-refractivity contribution >= 4 is 5.82 Å². The summed E-state index contributed by atoms with van der Waals surface area (Å²) >= 11 is 0. The molecule has 106 valence electrons. The third-order valence-electron chi connectivity index (χ3n) is 3.74. The van der Waals surface area contributed by atoms with Crippen molar-refractivity contribution in [3.63, 3.8) is 0 Å². The number of hydrogen-bond acceptors (Lipinski definition) is 3. The number of nitrogens with one attached hydrogen (secondary N) is 1. The van der Waals surface area contributed by atoms with E-state index >= 15 is 0 Å². The van der Waals surface area contributed by atoms with E-state index in [4.69, 9.17) is 0 Å². The van der Waals surface area contributed by atoms with Crippen LogP contribution in [0, 0.1) is 5.41 Å². The first-order valence-electron chi connectivity index (χ1n) is 6.34. The first kappa shape index (κ1) is 14.1. The molecular formula is C13H17F3N2O. The van der Waals surface area contributed by atoms with Crippen molar-refractivity contribution < 1.29 is 18.3 Å². The van der Waals surface area contributed by atoms with Gasteiger partial charge in [-0.2, -0.15) is 13.2 Å². The number of alkyl halides is 3. The molecule has 0 amide bonds. The first-order valence-corrected chi connectivity index (χ1v) is 6.34. The Bertz CT molecular complexity index is 428. The van der Waals surface area contributed by atoms with E-state index in [-0.39, 0.29) is 17.8 Å². The molecule has 1 saturated carbocycles. The molecule has 0 aromatic carbocycles. The van der Waals surface area contributed by atoms with Crippen molar-refractivity contribution in [1.82, 2.24) is 4.98 Å². The van der Waals surface area contributed by atoms with Crippen LogP contribution in [-0.4, -0.2) is 23.2 Å². The highest BCUT2D eigenvalue weighted by atomic mass is 19.4. The Hall–Kier alpha value is -1.30. The molecule has 1 aromatic rings. The van der Waals surface area contributed by atoms with Gasteiger partial charge in [-0.1, -0.05) is 12.8 Å². The van der Waals surface area contributed by atoms with Gasteiger partial charge in [-0.25, -0.2) is 4.98 Å². The summed E-state index contributed by atoms with van der Waals surface area (Å²) in [5.41, 5.74) is -1.07. The summed E-state index contributed by atoms with van der Waals surface area (Å²) in [6.07, 6.45) is 0.610. The SMILES string of the molecule is OCC1(CNc2ncccc2C(F)(F)F)CCCC1. The average Bonchev–Trinajstić information content (AvgIpc) is 2.85. The summed E-state index contributed by atoms with van der Waals surface area (Å²) in [4.78, 5) is 3.76. The van der Waals surface area contributed by atoms with Crippen LogP contribution >= 0.6 is 0 Å². The van der Waals surface area contributed by atoms with E-state index in [1.54, 1.807) is 0 Å². The second kappa shape index (κ2) is 5.36. The van der Waals surface area contributed by atoms with Crippen molar-refractivity contribution in [2.45, 2.75) is 31.9 Å². The number of aliphatic hydroxyl groups is 1. The largest absolute Gasteiger partial charge is 0.419 e. The van der Waals surface area contributed by atoms with Crippen LogP contribution in [0.15, 0.2) is 18.3 Å². The van der Waals surface area contributed by atoms with Crippen LogP contribution in [-0.2, 0) is 6.18 Å². The van der Waals surface area contributed by atoms with E-state index in [1.165, 1.54) is 12.3 Å². The van der Waals surface area contributed by atoms with Gasteiger partial charge in [-0.15, -0.1) is 0 Å². The van der Waals surface area contributed by atoms with Crippen molar-refractivity contribution in [3.05, 3.63) is 23.9 Å². The number of anilines is 1. The van der Waals surface area contributed by atoms with E-state index < -0.39 is 11.7 Å². The number of halogens is 3. The predicted molar refractivity (Wildman–Crippen MR) is 65.7 cm³/mol. The molecular weight excluding hydrogens is 257 g/mol. The van der Waals surface area contributed by atoms with Crippen LogP contribution in [0.1, 0.15) is 31.2 Å². The minimum Gasteiger partial charge on any atom is -0.396 e. The fraction of sp³-hybridized carbons (Fsp3) is 0.615. The third-order valence-corrected chi connectivity index (χ3v) is 3.74. The molecule has 6 heteroatoms. The van der Waals surface area contributed by atoms with Crippen molar-refractivity contribution in [2.24, 2.45) is 5.41 Å². The summed E-state index contributed by atoms with van der Waals surface area (Å²) in [7, 11) is 0. The summed E-state index contributed by atoms with van der Waals surface area (Å²) in [5.74, 6) is -0.158. The van der Waals surface area contributed by atoms with Crippen LogP contribution in [0.5, 0.6) is 0 Å². The molecule has 1 heterocycles. The van der Waals surface area contributed by atoms with Crippen LogP contribution < -0.4 is 5.32 Å². The normalized spacial score (nSPS) is 18.5. The van der Waals surface area contributed by atoms with Crippen molar-refractivity contribution in [1.29, 1.82) is 0 Å². The Morgan fingerprint density at radius 3 is 2.58 bits per heavy atom. The third kappa shape index (κ3) is 3.18. The summed E-state index contributed by atoms with van der Waals surface area (Å²) < 4.78 is 38.4. The number of aromatic nitrogens is 1. The second-order valence-electron chi connectivity index (χ2n) is 5.12. The lowest BCUT2D eigenvalue weighted by Crippen LogP contribution is -2.31. The van der Waals surface area contributed by atoms with Crippen molar-refractivity contribution in [2.75, 3.05) is 18.5 Å². The molecule has 0 saturated heterocycles. The minimum atomic E-state index is -4.42. The Labute approximate surface area is 109 Å². The Kier molecular flexibility index (Phi) is 3.99. The molecule has 0 atom stereocenters. The molecule has 0 bridgehead atoms. The molecule has 1 fully saturated rings.